The van der Waals surface area contributed by atoms with E-state index in [1.165, 1.54) is 30.6 Å². The zero-order chi connectivity index (χ0) is 13.0. The van der Waals surface area contributed by atoms with Crippen LogP contribution in [0.15, 0.2) is 24.3 Å². The number of anilines is 1. The molecule has 1 aliphatic rings. The zero-order valence-corrected chi connectivity index (χ0v) is 11.9. The van der Waals surface area contributed by atoms with Crippen molar-refractivity contribution in [3.8, 4) is 0 Å². The Labute approximate surface area is 111 Å². The molecule has 1 aromatic rings. The molecule has 18 heavy (non-hydrogen) atoms. The van der Waals surface area contributed by atoms with Crippen molar-refractivity contribution in [1.82, 2.24) is 4.90 Å². The molecule has 0 saturated carbocycles. The molecule has 2 rings (SSSR count). The second kappa shape index (κ2) is 6.24. The monoisotopic (exact) mass is 246 g/mol. The molecular weight excluding hydrogens is 220 g/mol. The number of hydrogen-bond donors (Lipinski definition) is 1. The Morgan fingerprint density at radius 3 is 2.61 bits per heavy atom. The lowest BCUT2D eigenvalue weighted by Gasteiger charge is -2.36. The lowest BCUT2D eigenvalue weighted by Crippen LogP contribution is -2.42. The van der Waals surface area contributed by atoms with Crippen LogP contribution in [0.25, 0.3) is 0 Å². The fourth-order valence-electron chi connectivity index (χ4n) is 2.80. The molecule has 2 unspecified atom stereocenters. The zero-order valence-electron chi connectivity index (χ0n) is 11.9. The Morgan fingerprint density at radius 1 is 1.22 bits per heavy atom. The van der Waals surface area contributed by atoms with E-state index in [1.54, 1.807) is 0 Å². The Balaban J connectivity index is 1.73. The van der Waals surface area contributed by atoms with Gasteiger partial charge in [0.05, 0.1) is 0 Å². The minimum absolute atomic E-state index is 0.744. The van der Waals surface area contributed by atoms with Gasteiger partial charge in [0.25, 0.3) is 0 Å². The molecule has 1 fully saturated rings. The first-order valence-electron chi connectivity index (χ1n) is 7.20. The molecule has 0 aliphatic carbocycles. The largest absolute Gasteiger partial charge is 0.384 e. The quantitative estimate of drug-likeness (QED) is 0.874. The van der Waals surface area contributed by atoms with Gasteiger partial charge in [0.1, 0.15) is 0 Å². The normalized spacial score (nSPS) is 25.1. The molecule has 0 spiro atoms. The molecule has 0 amide bonds. The highest BCUT2D eigenvalue weighted by molar-refractivity contribution is 5.44. The molecule has 1 saturated heterocycles. The van der Waals surface area contributed by atoms with Crippen molar-refractivity contribution in [3.05, 3.63) is 29.8 Å². The maximum atomic E-state index is 3.51. The fraction of sp³-hybridized carbons (Fsp3) is 0.625. The molecule has 0 aromatic heterocycles. The third kappa shape index (κ3) is 3.74. The van der Waals surface area contributed by atoms with E-state index in [9.17, 15) is 0 Å². The van der Waals surface area contributed by atoms with Crippen molar-refractivity contribution in [2.75, 3.05) is 25.0 Å². The molecule has 1 N–H and O–H groups in total. The highest BCUT2D eigenvalue weighted by Gasteiger charge is 2.21. The van der Waals surface area contributed by atoms with Crippen molar-refractivity contribution < 1.29 is 0 Å². The van der Waals surface area contributed by atoms with Crippen molar-refractivity contribution in [1.29, 1.82) is 0 Å². The summed E-state index contributed by atoms with van der Waals surface area (Å²) in [5.41, 5.74) is 2.55. The first-order chi connectivity index (χ1) is 8.65. The average Bonchev–Trinajstić information content (AvgIpc) is 2.34. The van der Waals surface area contributed by atoms with E-state index in [0.717, 1.165) is 25.0 Å². The van der Waals surface area contributed by atoms with Crippen molar-refractivity contribution in [2.45, 2.75) is 39.7 Å². The third-order valence-electron chi connectivity index (χ3n) is 4.06. The van der Waals surface area contributed by atoms with Crippen molar-refractivity contribution in [3.63, 3.8) is 0 Å². The molecule has 1 heterocycles. The van der Waals surface area contributed by atoms with Crippen LogP contribution in [-0.2, 0) is 0 Å². The fourth-order valence-corrected chi connectivity index (χ4v) is 2.80. The maximum absolute atomic E-state index is 3.51. The first-order valence-corrected chi connectivity index (χ1v) is 7.20. The SMILES string of the molecule is Cc1ccc(NCCN2CCC(C)CC2C)cc1. The molecule has 100 valence electrons. The van der Waals surface area contributed by atoms with E-state index in [2.05, 4.69) is 55.3 Å². The summed E-state index contributed by atoms with van der Waals surface area (Å²) < 4.78 is 0. The van der Waals surface area contributed by atoms with Crippen molar-refractivity contribution >= 4 is 5.69 Å². The standard InChI is InChI=1S/C16H26N2/c1-13-4-6-16(7-5-13)17-9-11-18-10-8-14(2)12-15(18)3/h4-7,14-15,17H,8-12H2,1-3H3. The number of nitrogens with one attached hydrogen (secondary N) is 1. The van der Waals surface area contributed by atoms with Gasteiger partial charge in [-0.15, -0.1) is 0 Å². The van der Waals surface area contributed by atoms with Gasteiger partial charge in [0.15, 0.2) is 0 Å². The summed E-state index contributed by atoms with van der Waals surface area (Å²) in [6.45, 7) is 10.3. The highest BCUT2D eigenvalue weighted by atomic mass is 15.2. The minimum Gasteiger partial charge on any atom is -0.384 e. The smallest absolute Gasteiger partial charge is 0.0340 e. The summed E-state index contributed by atoms with van der Waals surface area (Å²) >= 11 is 0. The Bertz CT molecular complexity index is 358. The Morgan fingerprint density at radius 2 is 1.94 bits per heavy atom. The van der Waals surface area contributed by atoms with Crippen LogP contribution in [0.4, 0.5) is 5.69 Å². The van der Waals surface area contributed by atoms with Crippen molar-refractivity contribution in [2.24, 2.45) is 5.92 Å². The molecule has 2 atom stereocenters. The Kier molecular flexibility index (Phi) is 4.65. The number of likely N-dealkylation sites (tertiary alicyclic amines) is 1. The molecule has 1 aliphatic heterocycles. The molecule has 2 heteroatoms. The van der Waals surface area contributed by atoms with Crippen LogP contribution in [0, 0.1) is 12.8 Å². The van der Waals surface area contributed by atoms with E-state index >= 15 is 0 Å². The molecular formula is C16H26N2. The summed E-state index contributed by atoms with van der Waals surface area (Å²) in [5, 5.41) is 3.51. The predicted molar refractivity (Wildman–Crippen MR) is 79.1 cm³/mol. The maximum Gasteiger partial charge on any atom is 0.0340 e. The molecule has 0 bridgehead atoms. The highest BCUT2D eigenvalue weighted by Crippen LogP contribution is 2.21. The first kappa shape index (κ1) is 13.4. The summed E-state index contributed by atoms with van der Waals surface area (Å²) in [6.07, 6.45) is 2.71. The summed E-state index contributed by atoms with van der Waals surface area (Å²) in [7, 11) is 0. The lowest BCUT2D eigenvalue weighted by atomic mass is 9.93. The summed E-state index contributed by atoms with van der Waals surface area (Å²) in [5.74, 6) is 0.904. The topological polar surface area (TPSA) is 15.3 Å². The van der Waals surface area contributed by atoms with Gasteiger partial charge in [-0.25, -0.2) is 0 Å². The number of benzene rings is 1. The lowest BCUT2D eigenvalue weighted by molar-refractivity contribution is 0.135. The van der Waals surface area contributed by atoms with Gasteiger partial charge in [-0.1, -0.05) is 24.6 Å². The second-order valence-electron chi connectivity index (χ2n) is 5.81. The predicted octanol–water partition coefficient (Wildman–Crippen LogP) is 3.53. The third-order valence-corrected chi connectivity index (χ3v) is 4.06. The summed E-state index contributed by atoms with van der Waals surface area (Å²) in [6, 6.07) is 9.39. The molecule has 1 aromatic carbocycles. The number of nitrogens with zero attached hydrogens (tertiary/aromatic N) is 1. The second-order valence-corrected chi connectivity index (χ2v) is 5.81. The number of hydrogen-bond acceptors (Lipinski definition) is 2. The van der Waals surface area contributed by atoms with Gasteiger partial charge < -0.3 is 5.32 Å². The van der Waals surface area contributed by atoms with Crippen LogP contribution in [0.1, 0.15) is 32.3 Å². The van der Waals surface area contributed by atoms with E-state index in [1.807, 2.05) is 0 Å². The minimum atomic E-state index is 0.744. The van der Waals surface area contributed by atoms with Crippen LogP contribution in [-0.4, -0.2) is 30.6 Å². The van der Waals surface area contributed by atoms with Crippen LogP contribution < -0.4 is 5.32 Å². The molecule has 0 radical (unpaired) electrons. The van der Waals surface area contributed by atoms with Crippen LogP contribution in [0.3, 0.4) is 0 Å². The Hall–Kier alpha value is -1.02. The number of aryl methyl sites for hydroxylation is 1. The number of rotatable bonds is 4. The van der Waals surface area contributed by atoms with Gasteiger partial charge >= 0.3 is 0 Å². The van der Waals surface area contributed by atoms with Gasteiger partial charge in [-0.2, -0.15) is 0 Å². The number of piperidine rings is 1. The van der Waals surface area contributed by atoms with Crippen LogP contribution in [0.2, 0.25) is 0 Å². The summed E-state index contributed by atoms with van der Waals surface area (Å²) in [4.78, 5) is 2.61. The van der Waals surface area contributed by atoms with Crippen LogP contribution >= 0.6 is 0 Å². The van der Waals surface area contributed by atoms with E-state index in [4.69, 9.17) is 0 Å². The van der Waals surface area contributed by atoms with Gasteiger partial charge in [-0.05, 0) is 51.3 Å². The van der Waals surface area contributed by atoms with Crippen LogP contribution in [0.5, 0.6) is 0 Å². The van der Waals surface area contributed by atoms with E-state index in [0.29, 0.717) is 0 Å². The van der Waals surface area contributed by atoms with Gasteiger partial charge in [0.2, 0.25) is 0 Å². The van der Waals surface area contributed by atoms with E-state index < -0.39 is 0 Å². The van der Waals surface area contributed by atoms with Gasteiger partial charge in [-0.3, -0.25) is 4.90 Å². The average molecular weight is 246 g/mol. The van der Waals surface area contributed by atoms with Gasteiger partial charge in [0, 0.05) is 24.8 Å². The molecule has 2 nitrogen and oxygen atoms in total. The van der Waals surface area contributed by atoms with E-state index in [-0.39, 0.29) is 0 Å².